The summed E-state index contributed by atoms with van der Waals surface area (Å²) >= 11 is 1.63. The van der Waals surface area contributed by atoms with Gasteiger partial charge in [-0.3, -0.25) is 19.7 Å². The van der Waals surface area contributed by atoms with E-state index in [2.05, 4.69) is 15.5 Å². The van der Waals surface area contributed by atoms with Crippen molar-refractivity contribution in [3.63, 3.8) is 0 Å². The van der Waals surface area contributed by atoms with E-state index >= 15 is 0 Å². The van der Waals surface area contributed by atoms with Gasteiger partial charge in [-0.1, -0.05) is 12.8 Å². The summed E-state index contributed by atoms with van der Waals surface area (Å²) in [4.78, 5) is 32.6. The van der Waals surface area contributed by atoms with Gasteiger partial charge in [-0.25, -0.2) is 9.66 Å². The monoisotopic (exact) mass is 385 g/mol. The van der Waals surface area contributed by atoms with Crippen molar-refractivity contribution in [2.24, 2.45) is 0 Å². The van der Waals surface area contributed by atoms with Gasteiger partial charge >= 0.3 is 0 Å². The molecular weight excluding hydrogens is 362 g/mol. The zero-order chi connectivity index (χ0) is 19.0. The molecule has 1 aliphatic carbocycles. The number of aromatic nitrogens is 4. The highest BCUT2D eigenvalue weighted by Crippen LogP contribution is 2.32. The highest BCUT2D eigenvalue weighted by molar-refractivity contribution is 7.18. The normalized spacial score (nSPS) is 14.6. The number of aryl methyl sites for hydroxylation is 4. The molecule has 7 nitrogen and oxygen atoms in total. The van der Waals surface area contributed by atoms with Gasteiger partial charge in [0.15, 0.2) is 0 Å². The highest BCUT2D eigenvalue weighted by atomic mass is 32.1. The Morgan fingerprint density at radius 1 is 1.26 bits per heavy atom. The summed E-state index contributed by atoms with van der Waals surface area (Å²) in [7, 11) is 0. The predicted molar refractivity (Wildman–Crippen MR) is 106 cm³/mol. The third kappa shape index (κ3) is 3.18. The van der Waals surface area contributed by atoms with E-state index in [9.17, 15) is 9.59 Å². The number of nitrogens with one attached hydrogen (secondary N) is 1. The van der Waals surface area contributed by atoms with Crippen molar-refractivity contribution in [3.8, 4) is 0 Å². The maximum absolute atomic E-state index is 13.2. The molecule has 142 valence electrons. The summed E-state index contributed by atoms with van der Waals surface area (Å²) < 4.78 is 2.88. The molecule has 1 aliphatic rings. The first-order valence-corrected chi connectivity index (χ1v) is 10.3. The van der Waals surface area contributed by atoms with Crippen LogP contribution in [0.25, 0.3) is 10.2 Å². The van der Waals surface area contributed by atoms with Crippen molar-refractivity contribution < 1.29 is 4.79 Å². The van der Waals surface area contributed by atoms with Gasteiger partial charge < -0.3 is 0 Å². The molecule has 8 heteroatoms. The topological polar surface area (TPSA) is 81.8 Å². The molecule has 0 radical (unpaired) electrons. The second kappa shape index (κ2) is 7.26. The van der Waals surface area contributed by atoms with E-state index in [1.807, 2.05) is 6.92 Å². The van der Waals surface area contributed by atoms with E-state index in [4.69, 9.17) is 0 Å². The van der Waals surface area contributed by atoms with Gasteiger partial charge in [-0.15, -0.1) is 11.3 Å². The molecule has 4 rings (SSSR count). The minimum absolute atomic E-state index is 0.188. The number of hydrogen-bond donors (Lipinski definition) is 1. The van der Waals surface area contributed by atoms with Crippen LogP contribution in [0.3, 0.4) is 0 Å². The molecule has 27 heavy (non-hydrogen) atoms. The number of nitrogens with zero attached hydrogens (tertiary/aromatic N) is 4. The fraction of sp³-hybridized carbons (Fsp3) is 0.474. The number of carbonyl (C=O) groups is 1. The highest BCUT2D eigenvalue weighted by Gasteiger charge is 2.21. The van der Waals surface area contributed by atoms with Crippen LogP contribution in [-0.4, -0.2) is 25.3 Å². The molecule has 0 spiro atoms. The Bertz CT molecular complexity index is 1060. The first-order valence-electron chi connectivity index (χ1n) is 9.47. The third-order valence-electron chi connectivity index (χ3n) is 5.12. The number of rotatable bonds is 3. The third-order valence-corrected chi connectivity index (χ3v) is 6.30. The van der Waals surface area contributed by atoms with Crippen molar-refractivity contribution in [1.29, 1.82) is 0 Å². The van der Waals surface area contributed by atoms with E-state index < -0.39 is 0 Å². The second-order valence-electron chi connectivity index (χ2n) is 6.87. The molecular formula is C19H23N5O2S. The molecule has 0 aromatic carbocycles. The minimum Gasteiger partial charge on any atom is -0.267 e. The quantitative estimate of drug-likeness (QED) is 0.751. The molecule has 0 unspecified atom stereocenters. The molecule has 0 fully saturated rings. The lowest BCUT2D eigenvalue weighted by Crippen LogP contribution is -2.36. The van der Waals surface area contributed by atoms with E-state index in [1.54, 1.807) is 35.2 Å². The lowest BCUT2D eigenvalue weighted by atomic mass is 9.98. The van der Waals surface area contributed by atoms with Gasteiger partial charge in [-0.05, 0) is 51.2 Å². The predicted octanol–water partition coefficient (Wildman–Crippen LogP) is 3.03. The van der Waals surface area contributed by atoms with Crippen LogP contribution in [0.15, 0.2) is 17.1 Å². The van der Waals surface area contributed by atoms with E-state index in [0.29, 0.717) is 23.4 Å². The Kier molecular flexibility index (Phi) is 4.82. The number of hydrogen-bond acceptors (Lipinski definition) is 5. The average Bonchev–Trinajstić information content (AvgIpc) is 3.23. The SMILES string of the molecule is CCn1nccc1C(=O)Nn1c(C)nc2sc3c(c2c1=O)CCCCCC3. The minimum atomic E-state index is -0.362. The van der Waals surface area contributed by atoms with Crippen LogP contribution in [0.1, 0.15) is 59.4 Å². The molecule has 3 heterocycles. The Hall–Kier alpha value is -2.48. The van der Waals surface area contributed by atoms with Crippen LogP contribution in [0.4, 0.5) is 0 Å². The van der Waals surface area contributed by atoms with Crippen molar-refractivity contribution in [2.75, 3.05) is 5.43 Å². The van der Waals surface area contributed by atoms with Gasteiger partial charge in [0.2, 0.25) is 0 Å². The summed E-state index contributed by atoms with van der Waals surface area (Å²) in [5, 5.41) is 4.79. The maximum Gasteiger partial charge on any atom is 0.288 e. The molecule has 0 aliphatic heterocycles. The average molecular weight is 385 g/mol. The van der Waals surface area contributed by atoms with E-state index in [1.165, 1.54) is 22.4 Å². The number of thiophene rings is 1. The van der Waals surface area contributed by atoms with Crippen molar-refractivity contribution in [2.45, 2.75) is 58.9 Å². The van der Waals surface area contributed by atoms with Gasteiger partial charge in [0.05, 0.1) is 5.39 Å². The molecule has 3 aromatic rings. The van der Waals surface area contributed by atoms with Gasteiger partial charge in [-0.2, -0.15) is 5.10 Å². The summed E-state index contributed by atoms with van der Waals surface area (Å²) in [6.45, 7) is 4.24. The second-order valence-corrected chi connectivity index (χ2v) is 7.95. The first kappa shape index (κ1) is 17.9. The molecule has 0 saturated carbocycles. The molecule has 0 bridgehead atoms. The summed E-state index contributed by atoms with van der Waals surface area (Å²) in [6.07, 6.45) is 8.19. The Morgan fingerprint density at radius 2 is 2.04 bits per heavy atom. The number of fused-ring (bicyclic) bond motifs is 3. The fourth-order valence-electron chi connectivity index (χ4n) is 3.73. The van der Waals surface area contributed by atoms with Crippen LogP contribution < -0.4 is 11.0 Å². The van der Waals surface area contributed by atoms with Crippen LogP contribution in [0.5, 0.6) is 0 Å². The molecule has 3 aromatic heterocycles. The zero-order valence-electron chi connectivity index (χ0n) is 15.6. The van der Waals surface area contributed by atoms with E-state index in [-0.39, 0.29) is 11.5 Å². The lowest BCUT2D eigenvalue weighted by molar-refractivity contribution is 0.0996. The molecule has 0 atom stereocenters. The number of amides is 1. The van der Waals surface area contributed by atoms with Gasteiger partial charge in [0.25, 0.3) is 11.5 Å². The van der Waals surface area contributed by atoms with Crippen LogP contribution in [0.2, 0.25) is 0 Å². The van der Waals surface area contributed by atoms with Gasteiger partial charge in [0.1, 0.15) is 16.3 Å². The van der Waals surface area contributed by atoms with Crippen LogP contribution in [0, 0.1) is 6.92 Å². The number of carbonyl (C=O) groups excluding carboxylic acids is 1. The molecule has 0 saturated heterocycles. The lowest BCUT2D eigenvalue weighted by Gasteiger charge is -2.12. The smallest absolute Gasteiger partial charge is 0.267 e. The van der Waals surface area contributed by atoms with Crippen molar-refractivity contribution in [3.05, 3.63) is 44.6 Å². The Labute approximate surface area is 161 Å². The van der Waals surface area contributed by atoms with Gasteiger partial charge in [0, 0.05) is 17.6 Å². The summed E-state index contributed by atoms with van der Waals surface area (Å²) in [6, 6.07) is 1.64. The Balaban J connectivity index is 1.78. The van der Waals surface area contributed by atoms with Crippen LogP contribution in [-0.2, 0) is 19.4 Å². The standard InChI is InChI=1S/C19H23N5O2S/c1-3-23-14(10-11-20-23)17(25)22-24-12(2)21-18-16(19(24)26)13-8-6-4-5-7-9-15(13)27-18/h10-11H,3-9H2,1-2H3,(H,22,25). The van der Waals surface area contributed by atoms with Crippen molar-refractivity contribution in [1.82, 2.24) is 19.4 Å². The first-order chi connectivity index (χ1) is 13.1. The maximum atomic E-state index is 13.2. The van der Waals surface area contributed by atoms with Crippen LogP contribution >= 0.6 is 11.3 Å². The van der Waals surface area contributed by atoms with Crippen molar-refractivity contribution >= 4 is 27.5 Å². The largest absolute Gasteiger partial charge is 0.288 e. The van der Waals surface area contributed by atoms with E-state index in [0.717, 1.165) is 36.1 Å². The zero-order valence-corrected chi connectivity index (χ0v) is 16.4. The summed E-state index contributed by atoms with van der Waals surface area (Å²) in [5.41, 5.74) is 4.08. The summed E-state index contributed by atoms with van der Waals surface area (Å²) in [5.74, 6) is 0.122. The fourth-order valence-corrected chi connectivity index (χ4v) is 5.03. The molecule has 1 amide bonds. The molecule has 1 N–H and O–H groups in total. The Morgan fingerprint density at radius 3 is 2.81 bits per heavy atom.